The van der Waals surface area contributed by atoms with Crippen LogP contribution in [0, 0.1) is 0 Å². The van der Waals surface area contributed by atoms with Crippen molar-refractivity contribution in [1.82, 2.24) is 9.97 Å². The van der Waals surface area contributed by atoms with Crippen LogP contribution >= 0.6 is 11.3 Å². The molecule has 3 heteroatoms. The fraction of sp³-hybridized carbons (Fsp3) is 0.115. The molecule has 262 valence electrons. The molecule has 2 heterocycles. The second-order valence-corrected chi connectivity index (χ2v) is 16.2. The van der Waals surface area contributed by atoms with Gasteiger partial charge in [0.25, 0.3) is 0 Å². The third-order valence-electron chi connectivity index (χ3n) is 12.1. The molecule has 0 unspecified atom stereocenters. The molecule has 0 radical (unpaired) electrons. The van der Waals surface area contributed by atoms with Crippen molar-refractivity contribution in [3.05, 3.63) is 181 Å². The minimum Gasteiger partial charge on any atom is -0.228 e. The summed E-state index contributed by atoms with van der Waals surface area (Å²) >= 11 is 1.89. The van der Waals surface area contributed by atoms with Crippen LogP contribution in [0.2, 0.25) is 0 Å². The summed E-state index contributed by atoms with van der Waals surface area (Å²) < 4.78 is 2.58. The highest BCUT2D eigenvalue weighted by Gasteiger charge is 2.43. The molecule has 0 atom stereocenters. The maximum atomic E-state index is 5.31. The van der Waals surface area contributed by atoms with Crippen LogP contribution in [0.5, 0.6) is 0 Å². The van der Waals surface area contributed by atoms with Gasteiger partial charge in [0.1, 0.15) is 0 Å². The molecule has 9 aromatic rings. The van der Waals surface area contributed by atoms with Crippen molar-refractivity contribution in [2.24, 2.45) is 0 Å². The molecule has 2 nitrogen and oxygen atoms in total. The van der Waals surface area contributed by atoms with Gasteiger partial charge in [0.05, 0.1) is 11.4 Å². The molecule has 0 saturated heterocycles. The molecule has 2 aliphatic carbocycles. The van der Waals surface area contributed by atoms with Gasteiger partial charge in [0.15, 0.2) is 5.82 Å². The number of benzene rings is 7. The van der Waals surface area contributed by atoms with Crippen molar-refractivity contribution in [3.63, 3.8) is 0 Å². The first-order valence-corrected chi connectivity index (χ1v) is 20.3. The highest BCUT2D eigenvalue weighted by atomic mass is 32.1. The van der Waals surface area contributed by atoms with Gasteiger partial charge in [-0.3, -0.25) is 0 Å². The van der Waals surface area contributed by atoms with Gasteiger partial charge in [0.2, 0.25) is 0 Å². The van der Waals surface area contributed by atoms with Gasteiger partial charge >= 0.3 is 0 Å². The van der Waals surface area contributed by atoms with Crippen LogP contribution in [0.4, 0.5) is 0 Å². The minimum atomic E-state index is 0.129. The number of thiophene rings is 1. The lowest BCUT2D eigenvalue weighted by atomic mass is 9.67. The highest BCUT2D eigenvalue weighted by Crippen LogP contribution is 2.56. The normalized spacial score (nSPS) is 14.3. The van der Waals surface area contributed by atoms with Crippen LogP contribution in [0.15, 0.2) is 170 Å². The van der Waals surface area contributed by atoms with Crippen LogP contribution in [0.3, 0.4) is 0 Å². The fourth-order valence-corrected chi connectivity index (χ4v) is 10.8. The molecule has 55 heavy (non-hydrogen) atoms. The molecule has 7 aromatic carbocycles. The summed E-state index contributed by atoms with van der Waals surface area (Å²) in [5.74, 6) is 0.727. The van der Waals surface area contributed by atoms with E-state index in [4.69, 9.17) is 9.97 Å². The van der Waals surface area contributed by atoms with Crippen molar-refractivity contribution in [2.45, 2.75) is 37.5 Å². The monoisotopic (exact) mass is 722 g/mol. The summed E-state index contributed by atoms with van der Waals surface area (Å²) in [5, 5.41) is 2.56. The van der Waals surface area contributed by atoms with E-state index in [1.165, 1.54) is 96.8 Å². The number of hydrogen-bond acceptors (Lipinski definition) is 3. The largest absolute Gasteiger partial charge is 0.228 e. The van der Waals surface area contributed by atoms with Gasteiger partial charge in [-0.05, 0) is 69.5 Å². The molecular weight excluding hydrogens is 685 g/mol. The predicted octanol–water partition coefficient (Wildman–Crippen LogP) is 14.4. The molecule has 1 spiro atoms. The van der Waals surface area contributed by atoms with E-state index >= 15 is 0 Å². The van der Waals surface area contributed by atoms with E-state index in [0.29, 0.717) is 0 Å². The van der Waals surface area contributed by atoms with Crippen molar-refractivity contribution >= 4 is 31.5 Å². The lowest BCUT2D eigenvalue weighted by molar-refractivity contribution is 0.353. The van der Waals surface area contributed by atoms with Crippen LogP contribution in [-0.4, -0.2) is 9.97 Å². The number of aromatic nitrogens is 2. The molecule has 2 aliphatic rings. The Labute approximate surface area is 325 Å². The lowest BCUT2D eigenvalue weighted by Crippen LogP contribution is -2.28. The molecule has 11 rings (SSSR count). The average molecular weight is 723 g/mol. The Morgan fingerprint density at radius 1 is 0.382 bits per heavy atom. The minimum absolute atomic E-state index is 0.129. The topological polar surface area (TPSA) is 25.8 Å². The molecular formula is C52H38N2S. The average Bonchev–Trinajstić information content (AvgIpc) is 3.78. The van der Waals surface area contributed by atoms with Gasteiger partial charge in [-0.1, -0.05) is 177 Å². The predicted molar refractivity (Wildman–Crippen MR) is 231 cm³/mol. The Hall–Kier alpha value is -6.16. The molecule has 0 bridgehead atoms. The Kier molecular flexibility index (Phi) is 7.63. The first-order valence-electron chi connectivity index (χ1n) is 19.5. The highest BCUT2D eigenvalue weighted by molar-refractivity contribution is 7.26. The zero-order valence-electron chi connectivity index (χ0n) is 30.5. The number of hydrogen-bond donors (Lipinski definition) is 0. The molecule has 1 fully saturated rings. The summed E-state index contributed by atoms with van der Waals surface area (Å²) in [6, 6.07) is 61.8. The molecule has 2 aromatic heterocycles. The second-order valence-electron chi connectivity index (χ2n) is 15.2. The van der Waals surface area contributed by atoms with Crippen molar-refractivity contribution in [3.8, 4) is 67.3 Å². The fourth-order valence-electron chi connectivity index (χ4n) is 9.48. The summed E-state index contributed by atoms with van der Waals surface area (Å²) in [5.41, 5.74) is 16.1. The Balaban J connectivity index is 1.06. The number of rotatable bonds is 5. The maximum Gasteiger partial charge on any atom is 0.160 e. The van der Waals surface area contributed by atoms with Crippen molar-refractivity contribution < 1.29 is 0 Å². The Morgan fingerprint density at radius 3 is 1.71 bits per heavy atom. The Morgan fingerprint density at radius 2 is 0.945 bits per heavy atom. The van der Waals surface area contributed by atoms with Gasteiger partial charge in [-0.2, -0.15) is 0 Å². The van der Waals surface area contributed by atoms with E-state index in [1.807, 2.05) is 11.3 Å². The van der Waals surface area contributed by atoms with Gasteiger partial charge < -0.3 is 0 Å². The quantitative estimate of drug-likeness (QED) is 0.177. The van der Waals surface area contributed by atoms with Gasteiger partial charge in [-0.15, -0.1) is 11.3 Å². The first kappa shape index (κ1) is 32.3. The summed E-state index contributed by atoms with van der Waals surface area (Å²) in [7, 11) is 0. The number of nitrogens with zero attached hydrogens (tertiary/aromatic N) is 2. The zero-order valence-corrected chi connectivity index (χ0v) is 31.3. The van der Waals surface area contributed by atoms with Gasteiger partial charge in [-0.25, -0.2) is 9.97 Å². The maximum absolute atomic E-state index is 5.31. The molecule has 1 saturated carbocycles. The van der Waals surface area contributed by atoms with E-state index in [1.54, 1.807) is 0 Å². The first-order chi connectivity index (χ1) is 27.2. The van der Waals surface area contributed by atoms with Crippen LogP contribution < -0.4 is 0 Å². The van der Waals surface area contributed by atoms with E-state index in [0.717, 1.165) is 33.9 Å². The molecule has 0 N–H and O–H groups in total. The molecule has 0 aliphatic heterocycles. The van der Waals surface area contributed by atoms with Crippen molar-refractivity contribution in [1.29, 1.82) is 0 Å². The summed E-state index contributed by atoms with van der Waals surface area (Å²) in [6.07, 6.45) is 6.40. The smallest absolute Gasteiger partial charge is 0.160 e. The van der Waals surface area contributed by atoms with E-state index in [9.17, 15) is 0 Å². The van der Waals surface area contributed by atoms with Crippen LogP contribution in [0.25, 0.3) is 87.5 Å². The third-order valence-corrected chi connectivity index (χ3v) is 13.4. The Bertz CT molecular complexity index is 2880. The van der Waals surface area contributed by atoms with Crippen LogP contribution in [-0.2, 0) is 5.41 Å². The van der Waals surface area contributed by atoms with E-state index in [-0.39, 0.29) is 5.41 Å². The SMILES string of the molecule is c1ccc(-c2ccc(-c3nc(-c4ccccc4)cc(-c4cccc5c4sc4c(-c6ccc7c(c6)C6(CCCCC6)c6ccccc6-7)cccc45)n3)cc2)cc1. The van der Waals surface area contributed by atoms with E-state index < -0.39 is 0 Å². The van der Waals surface area contributed by atoms with Crippen molar-refractivity contribution in [2.75, 3.05) is 0 Å². The summed E-state index contributed by atoms with van der Waals surface area (Å²) in [6.45, 7) is 0. The standard InChI is InChI=1S/C52H38N2S/c1-4-14-34(15-5-1)35-24-26-37(27-25-35)51-53-47(36-16-6-2-7-17-36)33-48(54-51)44-22-13-21-43-42-20-12-19-39(49(42)55-50(43)44)38-28-29-41-40-18-8-9-23-45(40)52(46(41)32-38)30-10-3-11-31-52/h1-2,4-9,12-29,32-33H,3,10-11,30-31H2. The van der Waals surface area contributed by atoms with Gasteiger partial charge in [0, 0.05) is 42.3 Å². The summed E-state index contributed by atoms with van der Waals surface area (Å²) in [4.78, 5) is 10.5. The number of fused-ring (bicyclic) bond motifs is 8. The second kappa shape index (κ2) is 13.0. The lowest BCUT2D eigenvalue weighted by Gasteiger charge is -2.36. The zero-order chi connectivity index (χ0) is 36.3. The van der Waals surface area contributed by atoms with Crippen LogP contribution in [0.1, 0.15) is 43.2 Å². The molecule has 0 amide bonds. The third kappa shape index (κ3) is 5.29. The van der Waals surface area contributed by atoms with E-state index in [2.05, 4.69) is 170 Å².